The third kappa shape index (κ3) is 4.19. The molecule has 0 bridgehead atoms. The van der Waals surface area contributed by atoms with Crippen molar-refractivity contribution in [2.75, 3.05) is 35.6 Å². The smallest absolute Gasteiger partial charge is 0.231 e. The number of aliphatic hydroxyl groups excluding tert-OH is 1. The predicted molar refractivity (Wildman–Crippen MR) is 79.7 cm³/mol. The largest absolute Gasteiger partial charge is 0.391 e. The monoisotopic (exact) mass is 280 g/mol. The van der Waals surface area contributed by atoms with Crippen LogP contribution >= 0.6 is 0 Å². The molecule has 1 aliphatic rings. The maximum Gasteiger partial charge on any atom is 0.231 e. The Hall–Kier alpha value is -1.63. The summed E-state index contributed by atoms with van der Waals surface area (Å²) in [5, 5.41) is 12.8. The number of nitrogens with one attached hydrogen (secondary N) is 1. The van der Waals surface area contributed by atoms with Crippen LogP contribution in [0, 0.1) is 0 Å². The van der Waals surface area contributed by atoms with Gasteiger partial charge in [-0.15, -0.1) is 0 Å². The summed E-state index contributed by atoms with van der Waals surface area (Å²) in [5.41, 5.74) is 5.74. The molecule has 0 radical (unpaired) electrons. The highest BCUT2D eigenvalue weighted by Crippen LogP contribution is 2.17. The minimum Gasteiger partial charge on any atom is -0.391 e. The number of nitrogens with two attached hydrogens (primary N) is 1. The molecule has 112 valence electrons. The fraction of sp³-hybridized carbons (Fsp3) is 0.769. The summed E-state index contributed by atoms with van der Waals surface area (Å²) in [6.07, 6.45) is 4.88. The molecule has 1 aromatic heterocycles. The van der Waals surface area contributed by atoms with Gasteiger partial charge in [-0.3, -0.25) is 0 Å². The summed E-state index contributed by atoms with van der Waals surface area (Å²) in [5.74, 6) is 1.28. The molecule has 0 aliphatic carbocycles. The Kier molecular flexibility index (Phi) is 5.34. The van der Waals surface area contributed by atoms with Crippen LogP contribution in [0.25, 0.3) is 0 Å². The lowest BCUT2D eigenvalue weighted by Crippen LogP contribution is -2.31. The van der Waals surface area contributed by atoms with Crippen LogP contribution in [0.2, 0.25) is 0 Å². The fourth-order valence-corrected chi connectivity index (χ4v) is 2.34. The molecule has 1 aliphatic heterocycles. The first kappa shape index (κ1) is 14.8. The lowest BCUT2D eigenvalue weighted by atomic mass is 10.1. The van der Waals surface area contributed by atoms with E-state index in [0.29, 0.717) is 18.4 Å². The lowest BCUT2D eigenvalue weighted by molar-refractivity contribution is 0.176. The number of nitrogens with zero attached hydrogens (tertiary/aromatic N) is 4. The molecule has 7 heteroatoms. The lowest BCUT2D eigenvalue weighted by Gasteiger charge is -2.26. The van der Waals surface area contributed by atoms with Gasteiger partial charge in [0, 0.05) is 19.6 Å². The number of hydrogen-bond donors (Lipinski definition) is 3. The van der Waals surface area contributed by atoms with Crippen molar-refractivity contribution >= 4 is 17.8 Å². The quantitative estimate of drug-likeness (QED) is 0.715. The van der Waals surface area contributed by atoms with Crippen LogP contribution in [0.15, 0.2) is 0 Å². The number of nitrogen functional groups attached to an aromatic ring is 1. The number of hydrogen-bond acceptors (Lipinski definition) is 7. The summed E-state index contributed by atoms with van der Waals surface area (Å²) in [4.78, 5) is 14.8. The van der Waals surface area contributed by atoms with Crippen LogP contribution < -0.4 is 16.0 Å². The molecule has 2 heterocycles. The molecule has 0 aromatic carbocycles. The standard InChI is InChI=1S/C13H24N6O/c1-2-6-10(20)9-15-12-16-11(14)17-13(18-12)19-7-4-3-5-8-19/h10,20H,2-9H2,1H3,(H3,14,15,16,17,18). The molecule has 0 saturated carbocycles. The average Bonchev–Trinajstić information content (AvgIpc) is 2.46. The Balaban J connectivity index is 2.00. The Morgan fingerprint density at radius 1 is 1.25 bits per heavy atom. The molecule has 0 amide bonds. The van der Waals surface area contributed by atoms with Crippen LogP contribution in [0.5, 0.6) is 0 Å². The SMILES string of the molecule is CCCC(O)CNc1nc(N)nc(N2CCCCC2)n1. The summed E-state index contributed by atoms with van der Waals surface area (Å²) in [6.45, 7) is 4.39. The van der Waals surface area contributed by atoms with Gasteiger partial charge in [0.1, 0.15) is 0 Å². The molecular weight excluding hydrogens is 256 g/mol. The molecule has 4 N–H and O–H groups in total. The number of anilines is 3. The zero-order chi connectivity index (χ0) is 14.4. The summed E-state index contributed by atoms with van der Waals surface area (Å²) in [7, 11) is 0. The number of aromatic nitrogens is 3. The Morgan fingerprint density at radius 3 is 2.70 bits per heavy atom. The number of piperidine rings is 1. The van der Waals surface area contributed by atoms with Gasteiger partial charge in [-0.25, -0.2) is 0 Å². The van der Waals surface area contributed by atoms with Gasteiger partial charge < -0.3 is 21.1 Å². The van der Waals surface area contributed by atoms with Crippen molar-refractivity contribution < 1.29 is 5.11 Å². The zero-order valence-corrected chi connectivity index (χ0v) is 12.0. The third-order valence-corrected chi connectivity index (χ3v) is 3.40. The molecule has 2 rings (SSSR count). The van der Waals surface area contributed by atoms with E-state index in [-0.39, 0.29) is 5.95 Å². The van der Waals surface area contributed by atoms with E-state index in [1.54, 1.807) is 0 Å². The van der Waals surface area contributed by atoms with E-state index < -0.39 is 6.10 Å². The van der Waals surface area contributed by atoms with E-state index in [1.165, 1.54) is 6.42 Å². The van der Waals surface area contributed by atoms with Gasteiger partial charge in [0.05, 0.1) is 6.10 Å². The van der Waals surface area contributed by atoms with Crippen molar-refractivity contribution in [2.45, 2.75) is 45.1 Å². The number of aliphatic hydroxyl groups is 1. The summed E-state index contributed by atoms with van der Waals surface area (Å²) >= 11 is 0. The molecule has 1 unspecified atom stereocenters. The molecule has 1 fully saturated rings. The van der Waals surface area contributed by atoms with E-state index in [4.69, 9.17) is 5.73 Å². The second-order valence-electron chi connectivity index (χ2n) is 5.19. The topological polar surface area (TPSA) is 100 Å². The third-order valence-electron chi connectivity index (χ3n) is 3.40. The molecule has 20 heavy (non-hydrogen) atoms. The van der Waals surface area contributed by atoms with Gasteiger partial charge in [-0.1, -0.05) is 13.3 Å². The minimum absolute atomic E-state index is 0.216. The van der Waals surface area contributed by atoms with Crippen LogP contribution in [0.4, 0.5) is 17.8 Å². The highest BCUT2D eigenvalue weighted by Gasteiger charge is 2.15. The molecule has 1 saturated heterocycles. The highest BCUT2D eigenvalue weighted by molar-refractivity contribution is 5.42. The van der Waals surface area contributed by atoms with Crippen molar-refractivity contribution in [3.63, 3.8) is 0 Å². The first-order valence-corrected chi connectivity index (χ1v) is 7.37. The fourth-order valence-electron chi connectivity index (χ4n) is 2.34. The highest BCUT2D eigenvalue weighted by atomic mass is 16.3. The molecular formula is C13H24N6O. The van der Waals surface area contributed by atoms with Gasteiger partial charge in [-0.05, 0) is 25.7 Å². The second-order valence-corrected chi connectivity index (χ2v) is 5.19. The van der Waals surface area contributed by atoms with Crippen molar-refractivity contribution in [2.24, 2.45) is 0 Å². The van der Waals surface area contributed by atoms with Crippen molar-refractivity contribution in [3.05, 3.63) is 0 Å². The Bertz CT molecular complexity index is 421. The van der Waals surface area contributed by atoms with E-state index >= 15 is 0 Å². The van der Waals surface area contributed by atoms with Crippen LogP contribution in [0.3, 0.4) is 0 Å². The van der Waals surface area contributed by atoms with Gasteiger partial charge >= 0.3 is 0 Å². The summed E-state index contributed by atoms with van der Waals surface area (Å²) in [6, 6.07) is 0. The van der Waals surface area contributed by atoms with Gasteiger partial charge in [0.2, 0.25) is 17.8 Å². The van der Waals surface area contributed by atoms with Gasteiger partial charge in [-0.2, -0.15) is 15.0 Å². The van der Waals surface area contributed by atoms with Crippen LogP contribution in [-0.4, -0.2) is 45.8 Å². The van der Waals surface area contributed by atoms with E-state index in [2.05, 4.69) is 25.2 Å². The second kappa shape index (κ2) is 7.23. The van der Waals surface area contributed by atoms with Crippen molar-refractivity contribution in [3.8, 4) is 0 Å². The normalized spacial score (nSPS) is 17.0. The van der Waals surface area contributed by atoms with E-state index in [0.717, 1.165) is 38.8 Å². The van der Waals surface area contributed by atoms with Crippen molar-refractivity contribution in [1.82, 2.24) is 15.0 Å². The predicted octanol–water partition coefficient (Wildman–Crippen LogP) is 1.02. The van der Waals surface area contributed by atoms with Gasteiger partial charge in [0.25, 0.3) is 0 Å². The maximum absolute atomic E-state index is 9.72. The first-order chi connectivity index (χ1) is 9.69. The number of rotatable bonds is 6. The molecule has 7 nitrogen and oxygen atoms in total. The Morgan fingerprint density at radius 2 is 2.00 bits per heavy atom. The van der Waals surface area contributed by atoms with Crippen molar-refractivity contribution in [1.29, 1.82) is 0 Å². The average molecular weight is 280 g/mol. The van der Waals surface area contributed by atoms with Crippen LogP contribution in [0.1, 0.15) is 39.0 Å². The van der Waals surface area contributed by atoms with E-state index in [1.807, 2.05) is 6.92 Å². The Labute approximate surface area is 119 Å². The maximum atomic E-state index is 9.72. The first-order valence-electron chi connectivity index (χ1n) is 7.37. The summed E-state index contributed by atoms with van der Waals surface area (Å²) < 4.78 is 0. The van der Waals surface area contributed by atoms with Crippen LogP contribution in [-0.2, 0) is 0 Å². The molecule has 0 spiro atoms. The molecule has 1 atom stereocenters. The van der Waals surface area contributed by atoms with E-state index in [9.17, 15) is 5.11 Å². The minimum atomic E-state index is -0.392. The zero-order valence-electron chi connectivity index (χ0n) is 12.0. The van der Waals surface area contributed by atoms with Gasteiger partial charge in [0.15, 0.2) is 0 Å². The molecule has 1 aromatic rings.